The molecule has 2 amide bonds. The van der Waals surface area contributed by atoms with Crippen LogP contribution in [0.1, 0.15) is 48.1 Å². The number of esters is 1. The van der Waals surface area contributed by atoms with Gasteiger partial charge < -0.3 is 14.6 Å². The van der Waals surface area contributed by atoms with Crippen molar-refractivity contribution in [3.05, 3.63) is 53.6 Å². The Hall–Kier alpha value is -4.26. The summed E-state index contributed by atoms with van der Waals surface area (Å²) in [6.45, 7) is 2.12. The highest BCUT2D eigenvalue weighted by Crippen LogP contribution is 2.58. The van der Waals surface area contributed by atoms with Crippen LogP contribution >= 0.6 is 0 Å². The van der Waals surface area contributed by atoms with Crippen LogP contribution in [0.25, 0.3) is 11.1 Å². The highest BCUT2D eigenvalue weighted by atomic mass is 19.4. The number of imide groups is 1. The molecule has 10 nitrogen and oxygen atoms in total. The molecule has 2 aromatic carbocycles. The summed E-state index contributed by atoms with van der Waals surface area (Å²) in [4.78, 5) is 63.7. The molecule has 0 bridgehead atoms. The summed E-state index contributed by atoms with van der Waals surface area (Å²) in [5.41, 5.74) is 2.02. The van der Waals surface area contributed by atoms with Crippen molar-refractivity contribution in [1.29, 1.82) is 0 Å². The number of carboxylic acid groups (broad SMARTS) is 1. The van der Waals surface area contributed by atoms with Crippen LogP contribution in [0.15, 0.2) is 42.5 Å². The van der Waals surface area contributed by atoms with Gasteiger partial charge in [0, 0.05) is 24.2 Å². The van der Waals surface area contributed by atoms with E-state index >= 15 is 0 Å². The average molecular weight is 605 g/mol. The third-order valence-electron chi connectivity index (χ3n) is 8.43. The first-order chi connectivity index (χ1) is 20.2. The molecule has 0 aliphatic carbocycles. The fourth-order valence-electron chi connectivity index (χ4n) is 6.52. The van der Waals surface area contributed by atoms with Crippen LogP contribution in [0.2, 0.25) is 0 Å². The van der Waals surface area contributed by atoms with Crippen LogP contribution < -0.4 is 4.74 Å². The second-order valence-corrected chi connectivity index (χ2v) is 10.6. The van der Waals surface area contributed by atoms with Gasteiger partial charge in [-0.1, -0.05) is 36.4 Å². The van der Waals surface area contributed by atoms with Gasteiger partial charge in [-0.2, -0.15) is 13.2 Å². The molecule has 230 valence electrons. The normalized spacial score (nSPS) is 24.9. The largest absolute Gasteiger partial charge is 0.496 e. The van der Waals surface area contributed by atoms with Gasteiger partial charge in [0.05, 0.1) is 26.1 Å². The van der Waals surface area contributed by atoms with Gasteiger partial charge in [-0.3, -0.25) is 29.0 Å². The Labute approximate surface area is 245 Å². The number of alkyl halides is 3. The van der Waals surface area contributed by atoms with Crippen molar-refractivity contribution >= 4 is 29.5 Å². The molecule has 3 aliphatic rings. The number of Topliss-reactive ketones (excluding diaryl/α,β-unsaturated/α-hetero) is 1. The third kappa shape index (κ3) is 5.37. The molecule has 0 saturated carbocycles. The summed E-state index contributed by atoms with van der Waals surface area (Å²) < 4.78 is 42.7. The van der Waals surface area contributed by atoms with Crippen molar-refractivity contribution in [3.8, 4) is 16.9 Å². The number of carbonyl (C=O) groups is 5. The number of rotatable bonds is 5. The Bertz CT molecular complexity index is 1460. The number of ketones is 1. The van der Waals surface area contributed by atoms with E-state index in [0.717, 1.165) is 29.5 Å². The Kier molecular flexibility index (Phi) is 8.68. The Morgan fingerprint density at radius 3 is 2.16 bits per heavy atom. The van der Waals surface area contributed by atoms with E-state index in [9.17, 15) is 32.3 Å². The lowest BCUT2D eigenvalue weighted by molar-refractivity contribution is -0.192. The second kappa shape index (κ2) is 11.8. The summed E-state index contributed by atoms with van der Waals surface area (Å²) in [5.74, 6) is -4.65. The predicted molar refractivity (Wildman–Crippen MR) is 145 cm³/mol. The molecule has 4 atom stereocenters. The number of fused-ring (bicyclic) bond motifs is 3. The van der Waals surface area contributed by atoms with Gasteiger partial charge in [-0.05, 0) is 49.9 Å². The molecule has 0 aromatic heterocycles. The molecule has 1 N–H and O–H groups in total. The minimum absolute atomic E-state index is 0.00369. The molecule has 43 heavy (non-hydrogen) atoms. The molecule has 3 fully saturated rings. The number of carbonyl (C=O) groups excluding carboxylic acids is 4. The number of aliphatic carboxylic acids is 1. The second-order valence-electron chi connectivity index (χ2n) is 10.6. The topological polar surface area (TPSA) is 131 Å². The van der Waals surface area contributed by atoms with Gasteiger partial charge >= 0.3 is 18.1 Å². The van der Waals surface area contributed by atoms with E-state index in [-0.39, 0.29) is 17.6 Å². The van der Waals surface area contributed by atoms with Gasteiger partial charge in [0.15, 0.2) is 5.78 Å². The fraction of sp³-hybridized carbons (Fsp3) is 0.433. The standard InChI is InChI=1S/C28H30N2O6.C2HF3O2/c1-16(31)17-7-9-18(10-8-17)20-12-11-19(15-21(20)35-3)24-22-23(26(33)29(2)25(22)32)28(27(34)36-4)13-5-6-14-30(24)28;3-2(4,5)1(6)7/h7-12,15,22-24H,5-6,13-14H2,1-4H3;(H,6,7)/t22?,23?,24?,28-;/m0./s1. The highest BCUT2D eigenvalue weighted by Gasteiger charge is 2.72. The molecule has 5 rings (SSSR count). The zero-order valence-corrected chi connectivity index (χ0v) is 23.9. The van der Waals surface area contributed by atoms with E-state index in [0.29, 0.717) is 24.3 Å². The van der Waals surface area contributed by atoms with Crippen LogP contribution in [0.3, 0.4) is 0 Å². The van der Waals surface area contributed by atoms with Crippen molar-refractivity contribution in [3.63, 3.8) is 0 Å². The number of likely N-dealkylation sites (tertiary alicyclic amines) is 1. The third-order valence-corrected chi connectivity index (χ3v) is 8.43. The SMILES string of the molecule is COC(=O)[C@@]12CCCCN1C(c1ccc(-c3ccc(C(C)=O)cc3)c(OC)c1)C1C(=O)N(C)C(=O)C12.O=C(O)C(F)(F)F. The molecule has 2 aromatic rings. The van der Waals surface area contributed by atoms with Crippen molar-refractivity contribution < 1.29 is 51.7 Å². The monoisotopic (exact) mass is 604 g/mol. The Morgan fingerprint density at radius 2 is 1.63 bits per heavy atom. The first kappa shape index (κ1) is 31.7. The number of hydrogen-bond donors (Lipinski definition) is 1. The van der Waals surface area contributed by atoms with Crippen LogP contribution in [0, 0.1) is 11.8 Å². The smallest absolute Gasteiger partial charge is 0.490 e. The summed E-state index contributed by atoms with van der Waals surface area (Å²) in [5, 5.41) is 7.12. The molecular formula is C30H31F3N2O8. The molecular weight excluding hydrogens is 573 g/mol. The number of nitrogens with zero attached hydrogens (tertiary/aromatic N) is 2. The highest BCUT2D eigenvalue weighted by molar-refractivity contribution is 6.09. The lowest BCUT2D eigenvalue weighted by Crippen LogP contribution is -2.59. The predicted octanol–water partition coefficient (Wildman–Crippen LogP) is 3.88. The maximum Gasteiger partial charge on any atom is 0.490 e. The fourth-order valence-corrected chi connectivity index (χ4v) is 6.52. The summed E-state index contributed by atoms with van der Waals surface area (Å²) in [7, 11) is 4.42. The maximum absolute atomic E-state index is 13.4. The zero-order chi connectivity index (χ0) is 31.9. The first-order valence-corrected chi connectivity index (χ1v) is 13.5. The number of benzene rings is 2. The summed E-state index contributed by atoms with van der Waals surface area (Å²) >= 11 is 0. The minimum atomic E-state index is -5.08. The van der Waals surface area contributed by atoms with E-state index < -0.39 is 41.5 Å². The molecule has 13 heteroatoms. The number of hydrogen-bond acceptors (Lipinski definition) is 8. The number of carboxylic acids is 1. The van der Waals surface area contributed by atoms with E-state index in [2.05, 4.69) is 0 Å². The van der Waals surface area contributed by atoms with Gasteiger partial charge in [0.1, 0.15) is 11.3 Å². The molecule has 0 radical (unpaired) electrons. The lowest BCUT2D eigenvalue weighted by atomic mass is 9.75. The molecule has 3 saturated heterocycles. The summed E-state index contributed by atoms with van der Waals surface area (Å²) in [6.07, 6.45) is -2.96. The van der Waals surface area contributed by atoms with Crippen molar-refractivity contribution in [2.75, 3.05) is 27.8 Å². The van der Waals surface area contributed by atoms with E-state index in [1.807, 2.05) is 35.2 Å². The zero-order valence-electron chi connectivity index (χ0n) is 23.9. The number of methoxy groups -OCH3 is 2. The number of piperidine rings is 1. The number of ether oxygens (including phenoxy) is 2. The summed E-state index contributed by atoms with van der Waals surface area (Å²) in [6, 6.07) is 12.6. The van der Waals surface area contributed by atoms with Crippen molar-refractivity contribution in [1.82, 2.24) is 9.80 Å². The van der Waals surface area contributed by atoms with Gasteiger partial charge in [0.25, 0.3) is 0 Å². The molecule has 3 heterocycles. The molecule has 3 unspecified atom stereocenters. The van der Waals surface area contributed by atoms with Crippen LogP contribution in [0.4, 0.5) is 13.2 Å². The number of halogens is 3. The maximum atomic E-state index is 13.4. The van der Waals surface area contributed by atoms with E-state index in [1.54, 1.807) is 19.2 Å². The van der Waals surface area contributed by atoms with Crippen LogP contribution in [0.5, 0.6) is 5.75 Å². The van der Waals surface area contributed by atoms with Gasteiger partial charge in [-0.25, -0.2) is 4.79 Å². The van der Waals surface area contributed by atoms with E-state index in [1.165, 1.54) is 26.0 Å². The minimum Gasteiger partial charge on any atom is -0.496 e. The van der Waals surface area contributed by atoms with Crippen molar-refractivity contribution in [2.24, 2.45) is 11.8 Å². The Morgan fingerprint density at radius 1 is 1.00 bits per heavy atom. The molecule has 0 spiro atoms. The molecule has 3 aliphatic heterocycles. The lowest BCUT2D eigenvalue weighted by Gasteiger charge is -2.44. The van der Waals surface area contributed by atoms with Crippen LogP contribution in [-0.2, 0) is 23.9 Å². The van der Waals surface area contributed by atoms with Crippen molar-refractivity contribution in [2.45, 2.75) is 43.9 Å². The van der Waals surface area contributed by atoms with Gasteiger partial charge in [-0.15, -0.1) is 0 Å². The number of amides is 2. The van der Waals surface area contributed by atoms with Gasteiger partial charge in [0.2, 0.25) is 11.8 Å². The van der Waals surface area contributed by atoms with Crippen LogP contribution in [-0.4, -0.2) is 84.0 Å². The Balaban J connectivity index is 0.000000541. The first-order valence-electron chi connectivity index (χ1n) is 13.5. The average Bonchev–Trinajstić information content (AvgIpc) is 3.42. The van der Waals surface area contributed by atoms with E-state index in [4.69, 9.17) is 19.4 Å². The quantitative estimate of drug-likeness (QED) is 0.307.